The van der Waals surface area contributed by atoms with Gasteiger partial charge in [-0.25, -0.2) is 4.79 Å². The van der Waals surface area contributed by atoms with Crippen molar-refractivity contribution in [2.75, 3.05) is 11.9 Å². The standard InChI is InChI=1S/C18H17NO4/c1-12-6-8-14(9-7-12)18(22)23-11-17(21)19-16-5-3-4-15(10-16)13(2)20/h3-10H,11H2,1-2H3,(H,19,21). The molecule has 0 aliphatic rings. The second-order valence-corrected chi connectivity index (χ2v) is 5.13. The summed E-state index contributed by atoms with van der Waals surface area (Å²) in [6, 6.07) is 13.4. The van der Waals surface area contributed by atoms with Crippen LogP contribution in [0.3, 0.4) is 0 Å². The number of hydrogen-bond donors (Lipinski definition) is 1. The van der Waals surface area contributed by atoms with E-state index in [1.807, 2.05) is 6.92 Å². The second kappa shape index (κ2) is 7.35. The first-order valence-electron chi connectivity index (χ1n) is 7.10. The van der Waals surface area contributed by atoms with Gasteiger partial charge in [-0.2, -0.15) is 0 Å². The van der Waals surface area contributed by atoms with E-state index >= 15 is 0 Å². The van der Waals surface area contributed by atoms with E-state index in [1.54, 1.807) is 48.5 Å². The zero-order chi connectivity index (χ0) is 16.8. The number of Topliss-reactive ketones (excluding diaryl/α,β-unsaturated/α-hetero) is 1. The van der Waals surface area contributed by atoms with Crippen LogP contribution in [-0.4, -0.2) is 24.3 Å². The van der Waals surface area contributed by atoms with Crippen molar-refractivity contribution in [3.8, 4) is 0 Å². The monoisotopic (exact) mass is 311 g/mol. The molecule has 0 heterocycles. The van der Waals surface area contributed by atoms with Gasteiger partial charge in [-0.1, -0.05) is 29.8 Å². The predicted molar refractivity (Wildman–Crippen MR) is 86.5 cm³/mol. The van der Waals surface area contributed by atoms with Gasteiger partial charge >= 0.3 is 5.97 Å². The number of carbonyl (C=O) groups excluding carboxylic acids is 3. The molecule has 23 heavy (non-hydrogen) atoms. The maximum absolute atomic E-state index is 11.8. The second-order valence-electron chi connectivity index (χ2n) is 5.13. The number of nitrogens with one attached hydrogen (secondary N) is 1. The molecule has 2 aromatic carbocycles. The first-order chi connectivity index (χ1) is 11.0. The molecule has 0 bridgehead atoms. The molecule has 5 nitrogen and oxygen atoms in total. The van der Waals surface area contributed by atoms with Crippen molar-refractivity contribution < 1.29 is 19.1 Å². The molecule has 0 saturated heterocycles. The van der Waals surface area contributed by atoms with Crippen LogP contribution in [0.2, 0.25) is 0 Å². The van der Waals surface area contributed by atoms with Gasteiger partial charge in [0.2, 0.25) is 0 Å². The first-order valence-corrected chi connectivity index (χ1v) is 7.10. The summed E-state index contributed by atoms with van der Waals surface area (Å²) in [5.74, 6) is -1.12. The summed E-state index contributed by atoms with van der Waals surface area (Å²) in [4.78, 5) is 34.9. The van der Waals surface area contributed by atoms with Crippen molar-refractivity contribution in [1.82, 2.24) is 0 Å². The molecular weight excluding hydrogens is 294 g/mol. The van der Waals surface area contributed by atoms with Gasteiger partial charge in [0.1, 0.15) is 0 Å². The summed E-state index contributed by atoms with van der Waals surface area (Å²) in [5.41, 5.74) is 2.40. The Balaban J connectivity index is 1.90. The molecule has 2 rings (SSSR count). The Morgan fingerprint density at radius 1 is 1.00 bits per heavy atom. The van der Waals surface area contributed by atoms with Gasteiger partial charge in [-0.05, 0) is 38.1 Å². The molecule has 2 aromatic rings. The number of ether oxygens (including phenoxy) is 1. The molecule has 0 atom stereocenters. The average Bonchev–Trinajstić information content (AvgIpc) is 2.53. The Hall–Kier alpha value is -2.95. The number of aryl methyl sites for hydroxylation is 1. The molecule has 0 spiro atoms. The lowest BCUT2D eigenvalue weighted by atomic mass is 10.1. The molecule has 1 amide bonds. The van der Waals surface area contributed by atoms with Crippen molar-refractivity contribution in [2.24, 2.45) is 0 Å². The van der Waals surface area contributed by atoms with E-state index in [1.165, 1.54) is 6.92 Å². The Kier molecular flexibility index (Phi) is 5.25. The normalized spacial score (nSPS) is 10.0. The summed E-state index contributed by atoms with van der Waals surface area (Å²) in [5, 5.41) is 2.58. The molecule has 0 aromatic heterocycles. The predicted octanol–water partition coefficient (Wildman–Crippen LogP) is 2.99. The number of benzene rings is 2. The number of esters is 1. The van der Waals surface area contributed by atoms with Crippen LogP contribution in [0, 0.1) is 6.92 Å². The molecule has 0 saturated carbocycles. The zero-order valence-electron chi connectivity index (χ0n) is 13.0. The van der Waals surface area contributed by atoms with Crippen LogP contribution in [0.15, 0.2) is 48.5 Å². The SMILES string of the molecule is CC(=O)c1cccc(NC(=O)COC(=O)c2ccc(C)cc2)c1. The molecule has 0 aliphatic heterocycles. The van der Waals surface area contributed by atoms with Crippen molar-refractivity contribution >= 4 is 23.3 Å². The highest BCUT2D eigenvalue weighted by molar-refractivity contribution is 5.98. The minimum Gasteiger partial charge on any atom is -0.452 e. The van der Waals surface area contributed by atoms with Gasteiger partial charge in [-0.3, -0.25) is 9.59 Å². The number of amides is 1. The lowest BCUT2D eigenvalue weighted by Gasteiger charge is -2.07. The quantitative estimate of drug-likeness (QED) is 0.680. The summed E-state index contributed by atoms with van der Waals surface area (Å²) in [6.45, 7) is 2.97. The van der Waals surface area contributed by atoms with Crippen molar-refractivity contribution in [3.05, 3.63) is 65.2 Å². The molecular formula is C18H17NO4. The molecule has 0 radical (unpaired) electrons. The lowest BCUT2D eigenvalue weighted by Crippen LogP contribution is -2.21. The fourth-order valence-electron chi connectivity index (χ4n) is 1.92. The van der Waals surface area contributed by atoms with E-state index in [0.29, 0.717) is 16.8 Å². The van der Waals surface area contributed by atoms with E-state index in [-0.39, 0.29) is 5.78 Å². The van der Waals surface area contributed by atoms with Crippen molar-refractivity contribution in [3.63, 3.8) is 0 Å². The lowest BCUT2D eigenvalue weighted by molar-refractivity contribution is -0.119. The minimum absolute atomic E-state index is 0.0908. The maximum Gasteiger partial charge on any atom is 0.338 e. The summed E-state index contributed by atoms with van der Waals surface area (Å²) < 4.78 is 4.96. The third-order valence-corrected chi connectivity index (χ3v) is 3.17. The fourth-order valence-corrected chi connectivity index (χ4v) is 1.92. The van der Waals surface area contributed by atoms with E-state index in [9.17, 15) is 14.4 Å². The molecule has 0 unspecified atom stereocenters. The fraction of sp³-hybridized carbons (Fsp3) is 0.167. The molecule has 118 valence electrons. The third kappa shape index (κ3) is 4.78. The summed E-state index contributed by atoms with van der Waals surface area (Å²) in [6.07, 6.45) is 0. The summed E-state index contributed by atoms with van der Waals surface area (Å²) >= 11 is 0. The average molecular weight is 311 g/mol. The van der Waals surface area contributed by atoms with Crippen LogP contribution in [0.4, 0.5) is 5.69 Å². The van der Waals surface area contributed by atoms with E-state index in [4.69, 9.17) is 4.74 Å². The van der Waals surface area contributed by atoms with Crippen LogP contribution in [0.5, 0.6) is 0 Å². The van der Waals surface area contributed by atoms with Gasteiger partial charge < -0.3 is 10.1 Å². The van der Waals surface area contributed by atoms with Gasteiger partial charge in [0, 0.05) is 11.3 Å². The number of ketones is 1. The van der Waals surface area contributed by atoms with Crippen LogP contribution >= 0.6 is 0 Å². The topological polar surface area (TPSA) is 72.5 Å². The van der Waals surface area contributed by atoms with Gasteiger partial charge in [0.15, 0.2) is 12.4 Å². The number of carbonyl (C=O) groups is 3. The van der Waals surface area contributed by atoms with Crippen LogP contribution in [-0.2, 0) is 9.53 Å². The molecule has 1 N–H and O–H groups in total. The van der Waals surface area contributed by atoms with E-state index in [0.717, 1.165) is 5.56 Å². The minimum atomic E-state index is -0.558. The Morgan fingerprint density at radius 2 is 1.70 bits per heavy atom. The van der Waals surface area contributed by atoms with Gasteiger partial charge in [0.25, 0.3) is 5.91 Å². The van der Waals surface area contributed by atoms with E-state index in [2.05, 4.69) is 5.32 Å². The van der Waals surface area contributed by atoms with Crippen LogP contribution in [0.1, 0.15) is 33.2 Å². The highest BCUT2D eigenvalue weighted by atomic mass is 16.5. The summed E-state index contributed by atoms with van der Waals surface area (Å²) in [7, 11) is 0. The van der Waals surface area contributed by atoms with Crippen LogP contribution in [0.25, 0.3) is 0 Å². The number of anilines is 1. The van der Waals surface area contributed by atoms with E-state index < -0.39 is 18.5 Å². The molecule has 0 fully saturated rings. The number of rotatable bonds is 5. The Labute approximate surface area is 134 Å². The smallest absolute Gasteiger partial charge is 0.338 e. The Morgan fingerprint density at radius 3 is 2.35 bits per heavy atom. The Bertz CT molecular complexity index is 735. The van der Waals surface area contributed by atoms with Crippen molar-refractivity contribution in [2.45, 2.75) is 13.8 Å². The van der Waals surface area contributed by atoms with Gasteiger partial charge in [0.05, 0.1) is 5.56 Å². The largest absolute Gasteiger partial charge is 0.452 e. The van der Waals surface area contributed by atoms with Crippen LogP contribution < -0.4 is 5.32 Å². The highest BCUT2D eigenvalue weighted by Gasteiger charge is 2.10. The molecule has 5 heteroatoms. The van der Waals surface area contributed by atoms with Crippen molar-refractivity contribution in [1.29, 1.82) is 0 Å². The maximum atomic E-state index is 11.8. The van der Waals surface area contributed by atoms with Gasteiger partial charge in [-0.15, -0.1) is 0 Å². The zero-order valence-corrected chi connectivity index (χ0v) is 13.0. The molecule has 0 aliphatic carbocycles. The number of hydrogen-bond acceptors (Lipinski definition) is 4. The first kappa shape index (κ1) is 16.4. The highest BCUT2D eigenvalue weighted by Crippen LogP contribution is 2.11. The third-order valence-electron chi connectivity index (χ3n) is 3.17.